The third-order valence-corrected chi connectivity index (χ3v) is 3.59. The van der Waals surface area contributed by atoms with Crippen molar-refractivity contribution in [3.8, 4) is 0 Å². The van der Waals surface area contributed by atoms with E-state index < -0.39 is 12.0 Å². The van der Waals surface area contributed by atoms with Gasteiger partial charge in [0.15, 0.2) is 6.04 Å². The number of thioether (sulfide) groups is 1. The van der Waals surface area contributed by atoms with E-state index in [1.54, 1.807) is 30.3 Å². The highest BCUT2D eigenvalue weighted by Gasteiger charge is 2.22. The van der Waals surface area contributed by atoms with Crippen LogP contribution in [0.3, 0.4) is 0 Å². The van der Waals surface area contributed by atoms with Crippen LogP contribution in [0, 0.1) is 0 Å². The molecule has 0 spiro atoms. The first kappa shape index (κ1) is 15.6. The smallest absolute Gasteiger partial charge is 0.330 e. The second-order valence-corrected chi connectivity index (χ2v) is 6.95. The summed E-state index contributed by atoms with van der Waals surface area (Å²) in [7, 11) is 0. The van der Waals surface area contributed by atoms with Crippen molar-refractivity contribution in [2.24, 2.45) is 0 Å². The summed E-state index contributed by atoms with van der Waals surface area (Å²) in [4.78, 5) is 23.0. The summed E-state index contributed by atoms with van der Waals surface area (Å²) in [6.45, 7) is 6.03. The topological polar surface area (TPSA) is 66.4 Å². The molecule has 1 amide bonds. The van der Waals surface area contributed by atoms with E-state index in [-0.39, 0.29) is 16.4 Å². The highest BCUT2D eigenvalue weighted by Crippen LogP contribution is 2.23. The Morgan fingerprint density at radius 1 is 1.26 bits per heavy atom. The van der Waals surface area contributed by atoms with Gasteiger partial charge in [0.2, 0.25) is 5.91 Å². The summed E-state index contributed by atoms with van der Waals surface area (Å²) in [5, 5.41) is 11.7. The number of hydrogen-bond acceptors (Lipinski definition) is 3. The van der Waals surface area contributed by atoms with Crippen molar-refractivity contribution in [3.63, 3.8) is 0 Å². The van der Waals surface area contributed by atoms with Gasteiger partial charge in [-0.25, -0.2) is 4.79 Å². The van der Waals surface area contributed by atoms with Gasteiger partial charge in [-0.2, -0.15) is 0 Å². The van der Waals surface area contributed by atoms with Crippen LogP contribution in [-0.4, -0.2) is 27.5 Å². The van der Waals surface area contributed by atoms with E-state index in [0.717, 1.165) is 0 Å². The fourth-order valence-corrected chi connectivity index (χ4v) is 2.07. The molecule has 0 aliphatic heterocycles. The Bertz CT molecular complexity index is 440. The molecule has 0 bridgehead atoms. The zero-order chi connectivity index (χ0) is 14.5. The molecular weight excluding hydrogens is 262 g/mol. The van der Waals surface area contributed by atoms with Crippen LogP contribution in [0.15, 0.2) is 30.3 Å². The molecule has 0 fully saturated rings. The van der Waals surface area contributed by atoms with Gasteiger partial charge in [-0.1, -0.05) is 51.1 Å². The molecular formula is C14H19NO3S. The van der Waals surface area contributed by atoms with Crippen molar-refractivity contribution in [2.75, 3.05) is 5.75 Å². The van der Waals surface area contributed by atoms with Crippen LogP contribution in [-0.2, 0) is 9.59 Å². The normalized spacial score (nSPS) is 12.8. The van der Waals surface area contributed by atoms with E-state index in [1.807, 2.05) is 20.8 Å². The lowest BCUT2D eigenvalue weighted by Gasteiger charge is -2.19. The second-order valence-electron chi connectivity index (χ2n) is 5.15. The van der Waals surface area contributed by atoms with Gasteiger partial charge in [-0.3, -0.25) is 4.79 Å². The third kappa shape index (κ3) is 5.79. The van der Waals surface area contributed by atoms with Crippen molar-refractivity contribution in [3.05, 3.63) is 35.9 Å². The number of aliphatic carboxylic acids is 1. The average Bonchev–Trinajstić information content (AvgIpc) is 2.33. The van der Waals surface area contributed by atoms with Crippen LogP contribution in [0.5, 0.6) is 0 Å². The van der Waals surface area contributed by atoms with E-state index in [1.165, 1.54) is 11.8 Å². The number of amides is 1. The molecule has 0 saturated carbocycles. The van der Waals surface area contributed by atoms with Crippen LogP contribution in [0.2, 0.25) is 0 Å². The maximum Gasteiger partial charge on any atom is 0.330 e. The minimum atomic E-state index is -1.06. The van der Waals surface area contributed by atoms with E-state index in [4.69, 9.17) is 0 Å². The Balaban J connectivity index is 2.65. The molecule has 4 nitrogen and oxygen atoms in total. The summed E-state index contributed by atoms with van der Waals surface area (Å²) >= 11 is 1.49. The number of benzene rings is 1. The van der Waals surface area contributed by atoms with Crippen molar-refractivity contribution < 1.29 is 14.7 Å². The SMILES string of the molecule is CC(C)(C)SCC(=O)N[C@H](C(=O)O)c1ccccc1. The minimum Gasteiger partial charge on any atom is -0.479 e. The van der Waals surface area contributed by atoms with Gasteiger partial charge in [0.1, 0.15) is 0 Å². The quantitative estimate of drug-likeness (QED) is 0.870. The number of carbonyl (C=O) groups is 2. The Morgan fingerprint density at radius 3 is 2.32 bits per heavy atom. The standard InChI is InChI=1S/C14H19NO3S/c1-14(2,3)19-9-11(16)15-12(13(17)18)10-7-5-4-6-8-10/h4-8,12H,9H2,1-3H3,(H,15,16)(H,17,18)/t12-/m0/s1. The van der Waals surface area contributed by atoms with Crippen molar-refractivity contribution in [1.29, 1.82) is 0 Å². The minimum absolute atomic E-state index is 0.0250. The predicted octanol–water partition coefficient (Wildman–Crippen LogP) is 2.46. The zero-order valence-corrected chi connectivity index (χ0v) is 12.2. The third-order valence-electron chi connectivity index (χ3n) is 2.32. The van der Waals surface area contributed by atoms with Crippen molar-refractivity contribution in [2.45, 2.75) is 31.6 Å². The molecule has 0 heterocycles. The Hall–Kier alpha value is -1.49. The molecule has 0 radical (unpaired) electrons. The molecule has 2 N–H and O–H groups in total. The number of carbonyl (C=O) groups excluding carboxylic acids is 1. The molecule has 0 unspecified atom stereocenters. The molecule has 0 aromatic heterocycles. The highest BCUT2D eigenvalue weighted by atomic mass is 32.2. The summed E-state index contributed by atoms with van der Waals surface area (Å²) in [5.74, 6) is -1.07. The van der Waals surface area contributed by atoms with Gasteiger partial charge in [-0.15, -0.1) is 11.8 Å². The van der Waals surface area contributed by atoms with Gasteiger partial charge in [0.25, 0.3) is 0 Å². The lowest BCUT2D eigenvalue weighted by molar-refractivity contribution is -0.141. The molecule has 104 valence electrons. The van der Waals surface area contributed by atoms with Crippen LogP contribution >= 0.6 is 11.8 Å². The molecule has 1 rings (SSSR count). The van der Waals surface area contributed by atoms with Gasteiger partial charge in [-0.05, 0) is 5.56 Å². The number of carboxylic acids is 1. The summed E-state index contributed by atoms with van der Waals surface area (Å²) in [6, 6.07) is 7.70. The lowest BCUT2D eigenvalue weighted by Crippen LogP contribution is -2.35. The maximum absolute atomic E-state index is 11.8. The first-order chi connectivity index (χ1) is 8.79. The Kier molecular flexibility index (Phi) is 5.42. The first-order valence-electron chi connectivity index (χ1n) is 6.00. The largest absolute Gasteiger partial charge is 0.479 e. The summed E-state index contributed by atoms with van der Waals surface area (Å²) < 4.78 is -0.0250. The molecule has 1 aromatic carbocycles. The molecule has 19 heavy (non-hydrogen) atoms. The first-order valence-corrected chi connectivity index (χ1v) is 6.99. The summed E-state index contributed by atoms with van der Waals surface area (Å²) in [5.41, 5.74) is 0.573. The molecule has 1 atom stereocenters. The van der Waals surface area contributed by atoms with E-state index in [0.29, 0.717) is 5.56 Å². The molecule has 0 saturated heterocycles. The number of rotatable bonds is 5. The molecule has 0 aliphatic carbocycles. The molecule has 1 aromatic rings. The number of hydrogen-bond donors (Lipinski definition) is 2. The van der Waals surface area contributed by atoms with E-state index in [9.17, 15) is 14.7 Å². The van der Waals surface area contributed by atoms with Gasteiger partial charge >= 0.3 is 5.97 Å². The lowest BCUT2D eigenvalue weighted by atomic mass is 10.1. The number of carboxylic acid groups (broad SMARTS) is 1. The molecule has 5 heteroatoms. The van der Waals surface area contributed by atoms with Crippen LogP contribution < -0.4 is 5.32 Å². The van der Waals surface area contributed by atoms with Crippen LogP contribution in [0.1, 0.15) is 32.4 Å². The number of nitrogens with one attached hydrogen (secondary N) is 1. The van der Waals surface area contributed by atoms with E-state index >= 15 is 0 Å². The van der Waals surface area contributed by atoms with Crippen LogP contribution in [0.25, 0.3) is 0 Å². The molecule has 0 aliphatic rings. The fourth-order valence-electron chi connectivity index (χ4n) is 1.42. The maximum atomic E-state index is 11.8. The second kappa shape index (κ2) is 6.61. The Morgan fingerprint density at radius 2 is 1.84 bits per heavy atom. The fraction of sp³-hybridized carbons (Fsp3) is 0.429. The van der Waals surface area contributed by atoms with Gasteiger partial charge in [0.05, 0.1) is 5.75 Å². The van der Waals surface area contributed by atoms with Gasteiger partial charge in [0, 0.05) is 4.75 Å². The van der Waals surface area contributed by atoms with Gasteiger partial charge < -0.3 is 10.4 Å². The average molecular weight is 281 g/mol. The van der Waals surface area contributed by atoms with Crippen molar-refractivity contribution in [1.82, 2.24) is 5.32 Å². The van der Waals surface area contributed by atoms with E-state index in [2.05, 4.69) is 5.32 Å². The predicted molar refractivity (Wildman–Crippen MR) is 77.2 cm³/mol. The monoisotopic (exact) mass is 281 g/mol. The summed E-state index contributed by atoms with van der Waals surface area (Å²) in [6.07, 6.45) is 0. The Labute approximate surface area is 117 Å². The van der Waals surface area contributed by atoms with Crippen LogP contribution in [0.4, 0.5) is 0 Å². The zero-order valence-electron chi connectivity index (χ0n) is 11.3. The highest BCUT2D eigenvalue weighted by molar-refractivity contribution is 8.01. The van der Waals surface area contributed by atoms with Crippen molar-refractivity contribution >= 4 is 23.6 Å².